The molecule has 6 aromatic heterocycles. The van der Waals surface area contributed by atoms with Gasteiger partial charge in [0, 0.05) is 85.4 Å². The third kappa shape index (κ3) is 21.9. The van der Waals surface area contributed by atoms with Gasteiger partial charge in [0.05, 0.1) is 34.3 Å². The number of hydrogen-bond acceptors (Lipinski definition) is 13. The first-order valence-corrected chi connectivity index (χ1v) is 41.8. The number of aryl methyl sites for hydroxylation is 1. The van der Waals surface area contributed by atoms with Gasteiger partial charge in [0.2, 0.25) is 0 Å². The summed E-state index contributed by atoms with van der Waals surface area (Å²) in [6, 6.07) is 85.3. The molecule has 0 aliphatic heterocycles. The van der Waals surface area contributed by atoms with Crippen LogP contribution in [0.4, 0.5) is 13.2 Å². The molecular weight excluding hydrogens is 1520 g/mol. The molecule has 6 heterocycles. The predicted octanol–water partition coefficient (Wildman–Crippen LogP) is 27.4. The number of benzene rings is 9. The number of alkyl halides is 3. The molecule has 0 fully saturated rings. The highest BCUT2D eigenvalue weighted by atomic mass is 19.4. The molecule has 0 aliphatic rings. The van der Waals surface area contributed by atoms with Crippen molar-refractivity contribution < 1.29 is 13.2 Å². The van der Waals surface area contributed by atoms with E-state index in [1.54, 1.807) is 30.6 Å². The standard InChI is InChI=1S/C37H40N4.C35H33F3N4.C35H33N5/c1-8-9-25-10-12-26(13-11-25)32-23-18-29(24-38-32)35-40-33(27-14-19-30(20-15-27)36(2,3)4)39-34(41-35)28-16-21-31(22-17-28)37(5,6)7;1-33(2,3)26-14-9-23(10-15-26)30-40-31(24-11-16-27(17-12-24)34(4,5)6)42-32(41-30)25-13-20-29(39-21-25)22-7-18-28(19-8-22)35(36,37)38;1-34(2,3)28-16-11-25(12-17-28)31-38-32(26-13-18-29(19-14-26)35(4,5)6)40-33(39-31)27-15-20-30(37-22-27)24-9-7-23(21-36)8-10-24/h10-24H,8-9H2,1-7H3;7-21H,1-6H3;7-20,22H,1-6H3. The van der Waals surface area contributed by atoms with Crippen molar-refractivity contribution in [1.82, 2.24) is 59.8 Å². The maximum Gasteiger partial charge on any atom is 0.416 e. The van der Waals surface area contributed by atoms with E-state index in [1.165, 1.54) is 51.1 Å². The average molecular weight is 1630 g/mol. The normalized spacial score (nSPS) is 12.0. The third-order valence-corrected chi connectivity index (χ3v) is 21.6. The number of rotatable bonds is 14. The minimum atomic E-state index is -4.38. The zero-order chi connectivity index (χ0) is 88.0. The van der Waals surface area contributed by atoms with Crippen molar-refractivity contribution in [2.24, 2.45) is 0 Å². The van der Waals surface area contributed by atoms with Gasteiger partial charge < -0.3 is 0 Å². The second kappa shape index (κ2) is 35.8. The summed E-state index contributed by atoms with van der Waals surface area (Å²) in [5.74, 6) is 5.28. The molecule has 0 amide bonds. The van der Waals surface area contributed by atoms with E-state index in [4.69, 9.17) is 55.1 Å². The Labute approximate surface area is 722 Å². The summed E-state index contributed by atoms with van der Waals surface area (Å²) in [7, 11) is 0. The van der Waals surface area contributed by atoms with Crippen LogP contribution in [0.3, 0.4) is 0 Å². The first kappa shape index (κ1) is 87.6. The number of nitriles is 1. The Balaban J connectivity index is 0.000000159. The summed E-state index contributed by atoms with van der Waals surface area (Å²) < 4.78 is 38.9. The van der Waals surface area contributed by atoms with Gasteiger partial charge in [0.25, 0.3) is 0 Å². The van der Waals surface area contributed by atoms with Gasteiger partial charge in [-0.1, -0.05) is 332 Å². The molecule has 0 radical (unpaired) electrons. The predicted molar refractivity (Wildman–Crippen MR) is 494 cm³/mol. The van der Waals surface area contributed by atoms with Gasteiger partial charge in [-0.2, -0.15) is 18.4 Å². The zero-order valence-corrected chi connectivity index (χ0v) is 73.8. The number of pyridine rings is 3. The Morgan fingerprint density at radius 2 is 0.407 bits per heavy atom. The molecule has 0 saturated heterocycles. The van der Waals surface area contributed by atoms with E-state index in [1.807, 2.05) is 66.9 Å². The van der Waals surface area contributed by atoms with Crippen molar-refractivity contribution in [2.75, 3.05) is 0 Å². The second-order valence-electron chi connectivity index (χ2n) is 37.4. The Morgan fingerprint density at radius 1 is 0.228 bits per heavy atom. The van der Waals surface area contributed by atoms with Gasteiger partial charge in [-0.25, -0.2) is 44.9 Å². The molecule has 0 bridgehead atoms. The highest BCUT2D eigenvalue weighted by Gasteiger charge is 2.31. The van der Waals surface area contributed by atoms with Crippen LogP contribution in [0.25, 0.3) is 136 Å². The summed E-state index contributed by atoms with van der Waals surface area (Å²) in [5.41, 5.74) is 21.9. The van der Waals surface area contributed by atoms with Crippen LogP contribution in [0, 0.1) is 11.3 Å². The van der Waals surface area contributed by atoms with Crippen LogP contribution in [0.1, 0.15) is 188 Å². The monoisotopic (exact) mass is 1630 g/mol. The molecular formula is C107H106F3N13. The quantitative estimate of drug-likeness (QED) is 0.100. The lowest BCUT2D eigenvalue weighted by molar-refractivity contribution is -0.137. The number of aromatic nitrogens is 12. The largest absolute Gasteiger partial charge is 0.416 e. The summed E-state index contributed by atoms with van der Waals surface area (Å²) in [6.45, 7) is 41.8. The Morgan fingerprint density at radius 3 is 0.585 bits per heavy atom. The van der Waals surface area contributed by atoms with Crippen LogP contribution in [0.2, 0.25) is 0 Å². The Bertz CT molecular complexity index is 5940. The first-order valence-electron chi connectivity index (χ1n) is 41.8. The lowest BCUT2D eigenvalue weighted by atomic mass is 9.86. The zero-order valence-electron chi connectivity index (χ0n) is 73.8. The van der Waals surface area contributed by atoms with E-state index in [-0.39, 0.29) is 32.5 Å². The molecule has 0 spiro atoms. The maximum absolute atomic E-state index is 13.0. The number of nitrogens with zero attached hydrogens (tertiary/aromatic N) is 13. The highest BCUT2D eigenvalue weighted by molar-refractivity contribution is 5.73. The lowest BCUT2D eigenvalue weighted by Crippen LogP contribution is -2.11. The summed E-state index contributed by atoms with van der Waals surface area (Å²) in [4.78, 5) is 57.8. The molecule has 0 atom stereocenters. The number of halogens is 3. The van der Waals surface area contributed by atoms with Crippen molar-refractivity contribution in [3.8, 4) is 142 Å². The fourth-order valence-corrected chi connectivity index (χ4v) is 13.8. The van der Waals surface area contributed by atoms with Gasteiger partial charge >= 0.3 is 6.18 Å². The summed E-state index contributed by atoms with van der Waals surface area (Å²) in [6.07, 6.45) is 3.15. The molecule has 15 aromatic rings. The molecule has 15 rings (SSSR count). The van der Waals surface area contributed by atoms with Crippen molar-refractivity contribution in [3.63, 3.8) is 0 Å². The molecule has 0 N–H and O–H groups in total. The van der Waals surface area contributed by atoms with Crippen molar-refractivity contribution in [2.45, 2.75) is 183 Å². The summed E-state index contributed by atoms with van der Waals surface area (Å²) >= 11 is 0. The average Bonchev–Trinajstić information content (AvgIpc) is 0.794. The van der Waals surface area contributed by atoms with E-state index in [9.17, 15) is 13.2 Å². The fourth-order valence-electron chi connectivity index (χ4n) is 13.8. The molecule has 0 unspecified atom stereocenters. The molecule has 620 valence electrons. The minimum Gasteiger partial charge on any atom is -0.255 e. The third-order valence-electron chi connectivity index (χ3n) is 21.6. The van der Waals surface area contributed by atoms with Gasteiger partial charge in [0.1, 0.15) is 0 Å². The maximum atomic E-state index is 13.0. The van der Waals surface area contributed by atoms with Crippen LogP contribution in [-0.4, -0.2) is 59.8 Å². The van der Waals surface area contributed by atoms with Crippen molar-refractivity contribution >= 4 is 0 Å². The molecule has 16 heteroatoms. The van der Waals surface area contributed by atoms with Crippen LogP contribution in [0.5, 0.6) is 0 Å². The molecule has 0 aliphatic carbocycles. The van der Waals surface area contributed by atoms with Crippen LogP contribution >= 0.6 is 0 Å². The highest BCUT2D eigenvalue weighted by Crippen LogP contribution is 2.38. The van der Waals surface area contributed by atoms with Crippen LogP contribution in [-0.2, 0) is 45.1 Å². The van der Waals surface area contributed by atoms with Gasteiger partial charge in [-0.15, -0.1) is 0 Å². The van der Waals surface area contributed by atoms with Gasteiger partial charge in [-0.05, 0) is 139 Å². The van der Waals surface area contributed by atoms with E-state index in [0.29, 0.717) is 74.8 Å². The van der Waals surface area contributed by atoms with Crippen LogP contribution < -0.4 is 0 Å². The second-order valence-corrected chi connectivity index (χ2v) is 37.4. The Kier molecular flexibility index (Phi) is 25.5. The van der Waals surface area contributed by atoms with Crippen molar-refractivity contribution in [3.05, 3.63) is 323 Å². The molecule has 13 nitrogen and oxygen atoms in total. The fraction of sp³-hybridized carbons (Fsp3) is 0.262. The first-order chi connectivity index (χ1) is 58.2. The molecule has 9 aromatic carbocycles. The molecule has 0 saturated carbocycles. The van der Waals surface area contributed by atoms with Crippen molar-refractivity contribution in [1.29, 1.82) is 5.26 Å². The minimum absolute atomic E-state index is 0.0171. The lowest BCUT2D eigenvalue weighted by Gasteiger charge is -2.19. The number of hydrogen-bond donors (Lipinski definition) is 0. The summed E-state index contributed by atoms with van der Waals surface area (Å²) in [5, 5.41) is 9.08. The van der Waals surface area contributed by atoms with Crippen LogP contribution in [0.15, 0.2) is 273 Å². The van der Waals surface area contributed by atoms with E-state index >= 15 is 0 Å². The van der Waals surface area contributed by atoms with E-state index in [0.717, 1.165) is 92.0 Å². The van der Waals surface area contributed by atoms with E-state index < -0.39 is 11.7 Å². The SMILES string of the molecule is CC(C)(C)c1ccc(-c2nc(-c3ccc(C(C)(C)C)cc3)nc(-c3ccc(-c4ccc(C#N)cc4)nc3)n2)cc1.CC(C)(C)c1ccc(-c2nc(-c3ccc(C(C)(C)C)cc3)nc(-c3ccc(-c4ccc(C(F)(F)F)cc4)nc3)n2)cc1.CCCc1ccc(-c2ccc(-c3nc(-c4ccc(C(C)(C)C)cc4)nc(-c4ccc(C(C)(C)C)cc4)n3)cn2)cc1. The van der Waals surface area contributed by atoms with E-state index in [2.05, 4.69) is 299 Å². The van der Waals surface area contributed by atoms with Gasteiger partial charge in [-0.3, -0.25) is 15.0 Å². The Hall–Kier alpha value is -13.3. The smallest absolute Gasteiger partial charge is 0.255 e. The van der Waals surface area contributed by atoms with Gasteiger partial charge in [0.15, 0.2) is 52.4 Å². The topological polar surface area (TPSA) is 178 Å². The molecule has 123 heavy (non-hydrogen) atoms.